The number of nitro benzene ring substituents is 1. The van der Waals surface area contributed by atoms with Gasteiger partial charge < -0.3 is 0 Å². The average molecular weight is 275 g/mol. The Morgan fingerprint density at radius 2 is 1.89 bits per heavy atom. The summed E-state index contributed by atoms with van der Waals surface area (Å²) in [5.41, 5.74) is 2.30. The molecular formula is C14H11ClN2O2. The van der Waals surface area contributed by atoms with E-state index >= 15 is 0 Å². The van der Waals surface area contributed by atoms with Crippen LogP contribution in [0.4, 0.5) is 11.4 Å². The first kappa shape index (κ1) is 13.2. The van der Waals surface area contributed by atoms with E-state index in [1.54, 1.807) is 6.07 Å². The highest BCUT2D eigenvalue weighted by Gasteiger charge is 2.11. The first-order valence-electron chi connectivity index (χ1n) is 5.62. The Morgan fingerprint density at radius 3 is 2.47 bits per heavy atom. The molecule has 2 aromatic carbocycles. The maximum absolute atomic E-state index is 10.7. The monoisotopic (exact) mass is 274 g/mol. The van der Waals surface area contributed by atoms with E-state index in [9.17, 15) is 10.1 Å². The van der Waals surface area contributed by atoms with Crippen LogP contribution in [0.25, 0.3) is 0 Å². The maximum Gasteiger partial charge on any atom is 0.288 e. The second kappa shape index (κ2) is 5.63. The van der Waals surface area contributed by atoms with Gasteiger partial charge in [0.05, 0.1) is 10.6 Å². The fourth-order valence-electron chi connectivity index (χ4n) is 1.65. The lowest BCUT2D eigenvalue weighted by Crippen LogP contribution is -1.93. The second-order valence-electron chi connectivity index (χ2n) is 3.96. The molecular weight excluding hydrogens is 264 g/mol. The summed E-state index contributed by atoms with van der Waals surface area (Å²) >= 11 is 5.84. The fraction of sp³-hybridized carbons (Fsp3) is 0.0714. The zero-order valence-electron chi connectivity index (χ0n) is 10.2. The van der Waals surface area contributed by atoms with Gasteiger partial charge in [-0.25, -0.2) is 0 Å². The highest BCUT2D eigenvalue weighted by atomic mass is 35.5. The molecule has 0 aliphatic heterocycles. The van der Waals surface area contributed by atoms with Crippen molar-refractivity contribution in [1.29, 1.82) is 0 Å². The Morgan fingerprint density at radius 1 is 1.21 bits per heavy atom. The van der Waals surface area contributed by atoms with Gasteiger partial charge in [0.1, 0.15) is 5.02 Å². The predicted molar refractivity (Wildman–Crippen MR) is 76.4 cm³/mol. The van der Waals surface area contributed by atoms with Crippen molar-refractivity contribution < 1.29 is 4.92 Å². The zero-order chi connectivity index (χ0) is 13.8. The van der Waals surface area contributed by atoms with Crippen molar-refractivity contribution in [1.82, 2.24) is 0 Å². The van der Waals surface area contributed by atoms with E-state index in [1.165, 1.54) is 12.1 Å². The van der Waals surface area contributed by atoms with E-state index in [0.29, 0.717) is 5.69 Å². The van der Waals surface area contributed by atoms with Crippen molar-refractivity contribution in [2.24, 2.45) is 4.99 Å². The van der Waals surface area contributed by atoms with Gasteiger partial charge in [0, 0.05) is 11.8 Å². The minimum Gasteiger partial charge on any atom is -0.258 e. The van der Waals surface area contributed by atoms with E-state index in [4.69, 9.17) is 11.6 Å². The summed E-state index contributed by atoms with van der Waals surface area (Å²) < 4.78 is 0. The van der Waals surface area contributed by atoms with E-state index in [-0.39, 0.29) is 10.7 Å². The topological polar surface area (TPSA) is 55.5 Å². The van der Waals surface area contributed by atoms with Gasteiger partial charge in [-0.2, -0.15) is 0 Å². The molecule has 0 fully saturated rings. The van der Waals surface area contributed by atoms with Crippen molar-refractivity contribution in [2.45, 2.75) is 6.92 Å². The van der Waals surface area contributed by atoms with Crippen LogP contribution in [0.1, 0.15) is 12.5 Å². The van der Waals surface area contributed by atoms with Crippen LogP contribution in [0.15, 0.2) is 53.5 Å². The molecule has 0 saturated heterocycles. The van der Waals surface area contributed by atoms with Crippen molar-refractivity contribution in [3.8, 4) is 0 Å². The lowest BCUT2D eigenvalue weighted by molar-refractivity contribution is -0.384. The van der Waals surface area contributed by atoms with Gasteiger partial charge in [0.15, 0.2) is 0 Å². The summed E-state index contributed by atoms with van der Waals surface area (Å²) in [6.45, 7) is 1.88. The number of halogens is 1. The molecule has 0 aliphatic rings. The molecule has 0 radical (unpaired) electrons. The predicted octanol–water partition coefficient (Wildman–Crippen LogP) is 4.39. The molecule has 2 aromatic rings. The molecule has 0 aliphatic carbocycles. The number of hydrogen-bond acceptors (Lipinski definition) is 3. The molecule has 0 heterocycles. The number of hydrogen-bond donors (Lipinski definition) is 0. The van der Waals surface area contributed by atoms with Crippen LogP contribution in [0.3, 0.4) is 0 Å². The van der Waals surface area contributed by atoms with Crippen LogP contribution in [0.2, 0.25) is 5.02 Å². The molecule has 0 aromatic heterocycles. The molecule has 2 rings (SSSR count). The Balaban J connectivity index is 2.34. The first-order chi connectivity index (χ1) is 9.08. The largest absolute Gasteiger partial charge is 0.288 e. The first-order valence-corrected chi connectivity index (χ1v) is 6.00. The number of benzene rings is 2. The van der Waals surface area contributed by atoms with E-state index < -0.39 is 4.92 Å². The van der Waals surface area contributed by atoms with Crippen LogP contribution >= 0.6 is 11.6 Å². The van der Waals surface area contributed by atoms with E-state index in [2.05, 4.69) is 4.99 Å². The number of nitrogens with zero attached hydrogens (tertiary/aromatic N) is 2. The third-order valence-electron chi connectivity index (χ3n) is 2.62. The van der Waals surface area contributed by atoms with E-state index in [0.717, 1.165) is 11.3 Å². The molecule has 0 saturated carbocycles. The second-order valence-corrected chi connectivity index (χ2v) is 4.36. The minimum atomic E-state index is -0.514. The van der Waals surface area contributed by atoms with Crippen LogP contribution in [0.5, 0.6) is 0 Å². The van der Waals surface area contributed by atoms with E-state index in [1.807, 2.05) is 37.3 Å². The Kier molecular flexibility index (Phi) is 3.92. The lowest BCUT2D eigenvalue weighted by atomic mass is 10.1. The Hall–Kier alpha value is -2.20. The summed E-state index contributed by atoms with van der Waals surface area (Å²) in [5.74, 6) is 0. The summed E-state index contributed by atoms with van der Waals surface area (Å²) in [7, 11) is 0. The fourth-order valence-corrected chi connectivity index (χ4v) is 1.89. The molecule has 96 valence electrons. The Bertz CT molecular complexity index is 639. The molecule has 5 heteroatoms. The molecule has 0 spiro atoms. The van der Waals surface area contributed by atoms with Gasteiger partial charge in [-0.3, -0.25) is 15.1 Å². The summed E-state index contributed by atoms with van der Waals surface area (Å²) in [4.78, 5) is 14.5. The van der Waals surface area contributed by atoms with Crippen molar-refractivity contribution in [3.63, 3.8) is 0 Å². The summed E-state index contributed by atoms with van der Waals surface area (Å²) in [6.07, 6.45) is 0. The minimum absolute atomic E-state index is 0.0899. The van der Waals surface area contributed by atoms with Crippen LogP contribution in [-0.4, -0.2) is 10.6 Å². The maximum atomic E-state index is 10.7. The highest BCUT2D eigenvalue weighted by molar-refractivity contribution is 6.32. The quantitative estimate of drug-likeness (QED) is 0.473. The number of aliphatic imine (C=N–C) groups is 1. The van der Waals surface area contributed by atoms with Crippen LogP contribution in [0, 0.1) is 10.1 Å². The third kappa shape index (κ3) is 3.17. The molecule has 0 N–H and O–H groups in total. The van der Waals surface area contributed by atoms with Crippen molar-refractivity contribution in [3.05, 3.63) is 69.2 Å². The third-order valence-corrected chi connectivity index (χ3v) is 2.92. The van der Waals surface area contributed by atoms with Gasteiger partial charge in [0.25, 0.3) is 5.69 Å². The molecule has 0 atom stereocenters. The van der Waals surface area contributed by atoms with Crippen molar-refractivity contribution >= 4 is 28.7 Å². The average Bonchev–Trinajstić information content (AvgIpc) is 2.39. The van der Waals surface area contributed by atoms with Gasteiger partial charge >= 0.3 is 0 Å². The van der Waals surface area contributed by atoms with Gasteiger partial charge in [-0.05, 0) is 24.6 Å². The highest BCUT2D eigenvalue weighted by Crippen LogP contribution is 2.28. The SMILES string of the molecule is CC(=Nc1ccc([N+](=O)[O-])c(Cl)c1)c1ccccc1. The lowest BCUT2D eigenvalue weighted by Gasteiger charge is -2.01. The molecule has 0 unspecified atom stereocenters. The standard InChI is InChI=1S/C14H11ClN2O2/c1-10(11-5-3-2-4-6-11)16-12-7-8-14(17(18)19)13(15)9-12/h2-9H,1H3. The van der Waals surface area contributed by atoms with Gasteiger partial charge in [-0.15, -0.1) is 0 Å². The molecule has 19 heavy (non-hydrogen) atoms. The molecule has 0 amide bonds. The van der Waals surface area contributed by atoms with Crippen LogP contribution in [-0.2, 0) is 0 Å². The van der Waals surface area contributed by atoms with Gasteiger partial charge in [-0.1, -0.05) is 41.9 Å². The molecule has 0 bridgehead atoms. The number of nitro groups is 1. The summed E-state index contributed by atoms with van der Waals surface area (Å²) in [5, 5.41) is 10.8. The van der Waals surface area contributed by atoms with Gasteiger partial charge in [0.2, 0.25) is 0 Å². The smallest absolute Gasteiger partial charge is 0.258 e. The number of rotatable bonds is 3. The van der Waals surface area contributed by atoms with Crippen molar-refractivity contribution in [2.75, 3.05) is 0 Å². The summed E-state index contributed by atoms with van der Waals surface area (Å²) in [6, 6.07) is 14.1. The van der Waals surface area contributed by atoms with Crippen LogP contribution < -0.4 is 0 Å². The zero-order valence-corrected chi connectivity index (χ0v) is 11.0. The Labute approximate surface area is 115 Å². The molecule has 4 nitrogen and oxygen atoms in total. The normalized spacial score (nSPS) is 11.4.